The zero-order chi connectivity index (χ0) is 13.0. The molecule has 2 saturated heterocycles. The third-order valence-corrected chi connectivity index (χ3v) is 3.53. The first-order chi connectivity index (χ1) is 8.66. The molecule has 6 heteroatoms. The second kappa shape index (κ2) is 6.15. The molecule has 102 valence electrons. The Hall–Kier alpha value is -1.14. The Morgan fingerprint density at radius 1 is 1.39 bits per heavy atom. The van der Waals surface area contributed by atoms with Gasteiger partial charge in [0.15, 0.2) is 0 Å². The molecule has 2 fully saturated rings. The van der Waals surface area contributed by atoms with E-state index >= 15 is 0 Å². The van der Waals surface area contributed by atoms with E-state index in [1.54, 1.807) is 4.90 Å². The number of ether oxygens (including phenoxy) is 1. The van der Waals surface area contributed by atoms with Crippen LogP contribution in [0.2, 0.25) is 0 Å². The lowest BCUT2D eigenvalue weighted by Crippen LogP contribution is -2.46. The minimum Gasteiger partial charge on any atom is -0.481 e. The van der Waals surface area contributed by atoms with Crippen LogP contribution in [0.25, 0.3) is 0 Å². The van der Waals surface area contributed by atoms with Gasteiger partial charge >= 0.3 is 5.97 Å². The van der Waals surface area contributed by atoms with Crippen LogP contribution >= 0.6 is 0 Å². The normalized spacial score (nSPS) is 28.3. The third kappa shape index (κ3) is 3.43. The highest BCUT2D eigenvalue weighted by molar-refractivity contribution is 5.78. The number of rotatable bonds is 4. The Kier molecular flexibility index (Phi) is 4.54. The van der Waals surface area contributed by atoms with Crippen molar-refractivity contribution in [2.45, 2.75) is 37.8 Å². The van der Waals surface area contributed by atoms with Crippen LogP contribution in [-0.4, -0.2) is 60.3 Å². The van der Waals surface area contributed by atoms with Gasteiger partial charge in [-0.3, -0.25) is 9.59 Å². The summed E-state index contributed by atoms with van der Waals surface area (Å²) in [5, 5.41) is 12.1. The molecular weight excluding hydrogens is 236 g/mol. The molecular formula is C12H20N2O4. The van der Waals surface area contributed by atoms with E-state index in [1.807, 2.05) is 0 Å². The summed E-state index contributed by atoms with van der Waals surface area (Å²) in [6, 6.07) is -0.0585. The van der Waals surface area contributed by atoms with Gasteiger partial charge in [-0.15, -0.1) is 0 Å². The molecule has 18 heavy (non-hydrogen) atoms. The van der Waals surface area contributed by atoms with Gasteiger partial charge in [-0.05, 0) is 12.8 Å². The van der Waals surface area contributed by atoms with Gasteiger partial charge in [0.1, 0.15) is 0 Å². The van der Waals surface area contributed by atoms with E-state index in [4.69, 9.17) is 9.84 Å². The van der Waals surface area contributed by atoms with E-state index in [0.29, 0.717) is 26.2 Å². The van der Waals surface area contributed by atoms with Crippen LogP contribution in [0, 0.1) is 0 Å². The summed E-state index contributed by atoms with van der Waals surface area (Å²) < 4.78 is 5.31. The predicted molar refractivity (Wildman–Crippen MR) is 64.2 cm³/mol. The van der Waals surface area contributed by atoms with Gasteiger partial charge < -0.3 is 20.1 Å². The van der Waals surface area contributed by atoms with Crippen molar-refractivity contribution in [3.8, 4) is 0 Å². The summed E-state index contributed by atoms with van der Waals surface area (Å²) in [4.78, 5) is 24.6. The zero-order valence-electron chi connectivity index (χ0n) is 10.4. The van der Waals surface area contributed by atoms with E-state index in [1.165, 1.54) is 0 Å². The molecule has 2 N–H and O–H groups in total. The highest BCUT2D eigenvalue weighted by Gasteiger charge is 2.31. The second-order valence-electron chi connectivity index (χ2n) is 4.91. The van der Waals surface area contributed by atoms with E-state index in [9.17, 15) is 9.59 Å². The fourth-order valence-corrected chi connectivity index (χ4v) is 2.66. The number of nitrogens with one attached hydrogen (secondary N) is 1. The summed E-state index contributed by atoms with van der Waals surface area (Å²) in [7, 11) is 0. The molecule has 6 nitrogen and oxygen atoms in total. The maximum Gasteiger partial charge on any atom is 0.305 e. The molecule has 0 radical (unpaired) electrons. The molecule has 0 aromatic rings. The molecule has 2 heterocycles. The molecule has 2 atom stereocenters. The lowest BCUT2D eigenvalue weighted by atomic mass is 10.1. The summed E-state index contributed by atoms with van der Waals surface area (Å²) in [5.74, 6) is -0.791. The molecule has 2 aliphatic rings. The highest BCUT2D eigenvalue weighted by atomic mass is 16.5. The lowest BCUT2D eigenvalue weighted by Gasteiger charge is -2.28. The Labute approximate surface area is 106 Å². The third-order valence-electron chi connectivity index (χ3n) is 3.53. The first-order valence-corrected chi connectivity index (χ1v) is 6.49. The number of hydrogen-bond acceptors (Lipinski definition) is 4. The smallest absolute Gasteiger partial charge is 0.305 e. The van der Waals surface area contributed by atoms with Crippen molar-refractivity contribution in [3.63, 3.8) is 0 Å². The first-order valence-electron chi connectivity index (χ1n) is 6.49. The van der Waals surface area contributed by atoms with Crippen molar-refractivity contribution in [2.24, 2.45) is 0 Å². The summed E-state index contributed by atoms with van der Waals surface area (Å²) in [5.41, 5.74) is 0. The molecule has 0 spiro atoms. The zero-order valence-corrected chi connectivity index (χ0v) is 10.4. The minimum absolute atomic E-state index is 0.0433. The van der Waals surface area contributed by atoms with Crippen molar-refractivity contribution >= 4 is 11.9 Å². The lowest BCUT2D eigenvalue weighted by molar-refractivity contribution is -0.140. The summed E-state index contributed by atoms with van der Waals surface area (Å²) in [6.45, 7) is 2.71. The van der Waals surface area contributed by atoms with E-state index in [0.717, 1.165) is 19.4 Å². The van der Waals surface area contributed by atoms with Crippen molar-refractivity contribution in [1.29, 1.82) is 0 Å². The number of morpholine rings is 1. The Bertz CT molecular complexity index is 315. The number of carbonyl (C=O) groups excluding carboxylic acids is 1. The molecule has 0 aromatic carbocycles. The first kappa shape index (κ1) is 13.3. The number of likely N-dealkylation sites (tertiary alicyclic amines) is 1. The molecule has 2 aliphatic heterocycles. The van der Waals surface area contributed by atoms with E-state index < -0.39 is 5.97 Å². The summed E-state index contributed by atoms with van der Waals surface area (Å²) in [6.07, 6.45) is 2.15. The number of hydrogen-bond donors (Lipinski definition) is 2. The van der Waals surface area contributed by atoms with Gasteiger partial charge in [0.05, 0.1) is 19.6 Å². The van der Waals surface area contributed by atoms with Gasteiger partial charge in [-0.1, -0.05) is 0 Å². The maximum atomic E-state index is 12.1. The van der Waals surface area contributed by atoms with Crippen LogP contribution in [0.3, 0.4) is 0 Å². The van der Waals surface area contributed by atoms with Crippen molar-refractivity contribution in [2.75, 3.05) is 26.3 Å². The fraction of sp³-hybridized carbons (Fsp3) is 0.833. The number of carboxylic acid groups (broad SMARTS) is 1. The van der Waals surface area contributed by atoms with Crippen LogP contribution in [0.15, 0.2) is 0 Å². The number of nitrogens with zero attached hydrogens (tertiary/aromatic N) is 1. The molecule has 0 aliphatic carbocycles. The maximum absolute atomic E-state index is 12.1. The van der Waals surface area contributed by atoms with Crippen LogP contribution in [0.4, 0.5) is 0 Å². The summed E-state index contributed by atoms with van der Waals surface area (Å²) >= 11 is 0. The Morgan fingerprint density at radius 2 is 2.22 bits per heavy atom. The number of carbonyl (C=O) groups is 2. The van der Waals surface area contributed by atoms with Crippen molar-refractivity contribution in [3.05, 3.63) is 0 Å². The van der Waals surface area contributed by atoms with Crippen LogP contribution in [0.5, 0.6) is 0 Å². The SMILES string of the molecule is O=C(O)CC1CCCN1C(=O)CC1COCCN1. The standard InChI is InChI=1S/C12H20N2O4/c15-11(6-9-8-18-5-3-13-9)14-4-1-2-10(14)7-12(16)17/h9-10,13H,1-8H2,(H,16,17). The molecule has 0 aromatic heterocycles. The molecule has 0 bridgehead atoms. The number of carboxylic acids is 1. The predicted octanol–water partition coefficient (Wildman–Crippen LogP) is -0.169. The largest absolute Gasteiger partial charge is 0.481 e. The van der Waals surface area contributed by atoms with Crippen LogP contribution in [0.1, 0.15) is 25.7 Å². The molecule has 2 rings (SSSR count). The fourth-order valence-electron chi connectivity index (χ4n) is 2.66. The van der Waals surface area contributed by atoms with Crippen LogP contribution in [-0.2, 0) is 14.3 Å². The number of amides is 1. The van der Waals surface area contributed by atoms with Crippen molar-refractivity contribution in [1.82, 2.24) is 10.2 Å². The Balaban J connectivity index is 1.84. The highest BCUT2D eigenvalue weighted by Crippen LogP contribution is 2.21. The van der Waals surface area contributed by atoms with E-state index in [-0.39, 0.29) is 24.4 Å². The minimum atomic E-state index is -0.834. The monoisotopic (exact) mass is 256 g/mol. The van der Waals surface area contributed by atoms with Gasteiger partial charge in [-0.25, -0.2) is 0 Å². The van der Waals surface area contributed by atoms with Gasteiger partial charge in [-0.2, -0.15) is 0 Å². The molecule has 1 amide bonds. The van der Waals surface area contributed by atoms with Gasteiger partial charge in [0, 0.05) is 31.6 Å². The van der Waals surface area contributed by atoms with Gasteiger partial charge in [0.2, 0.25) is 5.91 Å². The van der Waals surface area contributed by atoms with Gasteiger partial charge in [0.25, 0.3) is 0 Å². The Morgan fingerprint density at radius 3 is 2.89 bits per heavy atom. The average Bonchev–Trinajstić information content (AvgIpc) is 2.77. The number of aliphatic carboxylic acids is 1. The average molecular weight is 256 g/mol. The molecule has 2 unspecified atom stereocenters. The molecule has 0 saturated carbocycles. The topological polar surface area (TPSA) is 78.9 Å². The van der Waals surface area contributed by atoms with Crippen molar-refractivity contribution < 1.29 is 19.4 Å². The quantitative estimate of drug-likeness (QED) is 0.730. The van der Waals surface area contributed by atoms with E-state index in [2.05, 4.69) is 5.32 Å². The van der Waals surface area contributed by atoms with Crippen LogP contribution < -0.4 is 5.32 Å². The second-order valence-corrected chi connectivity index (χ2v) is 4.91.